The number of nitrogens with one attached hydrogen (secondary N) is 1. The molecular formula is C15H20ClNO2. The summed E-state index contributed by atoms with van der Waals surface area (Å²) in [5.41, 5.74) is 0.974. The van der Waals surface area contributed by atoms with Gasteiger partial charge in [-0.2, -0.15) is 0 Å². The quantitative estimate of drug-likeness (QED) is 0.862. The van der Waals surface area contributed by atoms with Crippen LogP contribution in [0.3, 0.4) is 0 Å². The van der Waals surface area contributed by atoms with Gasteiger partial charge in [-0.1, -0.05) is 32.0 Å². The molecule has 4 heteroatoms. The Labute approximate surface area is 119 Å². The number of carbonyl (C=O) groups excluding carboxylic acids is 1. The average Bonchev–Trinajstić information content (AvgIpc) is 2.43. The Hall–Kier alpha value is -1.22. The first-order valence-corrected chi connectivity index (χ1v) is 7.16. The van der Waals surface area contributed by atoms with E-state index in [1.54, 1.807) is 0 Å². The van der Waals surface area contributed by atoms with Crippen molar-refractivity contribution in [3.8, 4) is 5.75 Å². The molecule has 2 unspecified atom stereocenters. The molecule has 0 saturated carbocycles. The molecule has 2 rings (SSSR count). The van der Waals surface area contributed by atoms with E-state index in [0.29, 0.717) is 19.1 Å². The maximum absolute atomic E-state index is 12.3. The van der Waals surface area contributed by atoms with Crippen molar-refractivity contribution in [3.63, 3.8) is 0 Å². The summed E-state index contributed by atoms with van der Waals surface area (Å²) in [6, 6.07) is 7.73. The third kappa shape index (κ3) is 3.41. The van der Waals surface area contributed by atoms with Crippen molar-refractivity contribution in [2.75, 3.05) is 13.2 Å². The fourth-order valence-electron chi connectivity index (χ4n) is 2.17. The highest BCUT2D eigenvalue weighted by Gasteiger charge is 2.27. The Morgan fingerprint density at radius 2 is 2.21 bits per heavy atom. The van der Waals surface area contributed by atoms with Crippen LogP contribution < -0.4 is 10.1 Å². The van der Waals surface area contributed by atoms with Crippen LogP contribution in [0.1, 0.15) is 31.7 Å². The molecule has 0 spiro atoms. The monoisotopic (exact) mass is 281 g/mol. The van der Waals surface area contributed by atoms with Crippen molar-refractivity contribution in [2.24, 2.45) is 5.92 Å². The SMILES string of the molecule is CC(C)C(Cl)CNC(=O)C1CCOc2ccccc21. The lowest BCUT2D eigenvalue weighted by atomic mass is 9.92. The highest BCUT2D eigenvalue weighted by molar-refractivity contribution is 6.21. The number of para-hydroxylation sites is 1. The number of halogens is 1. The van der Waals surface area contributed by atoms with Crippen molar-refractivity contribution in [1.82, 2.24) is 5.32 Å². The molecular weight excluding hydrogens is 262 g/mol. The number of amides is 1. The van der Waals surface area contributed by atoms with Gasteiger partial charge in [0.15, 0.2) is 0 Å². The van der Waals surface area contributed by atoms with Gasteiger partial charge in [-0.15, -0.1) is 11.6 Å². The second-order valence-corrected chi connectivity index (χ2v) is 5.79. The van der Waals surface area contributed by atoms with E-state index in [1.807, 2.05) is 38.1 Å². The molecule has 1 aromatic rings. The van der Waals surface area contributed by atoms with Crippen LogP contribution in [0.25, 0.3) is 0 Å². The molecule has 0 aliphatic carbocycles. The summed E-state index contributed by atoms with van der Waals surface area (Å²) in [7, 11) is 0. The van der Waals surface area contributed by atoms with Gasteiger partial charge in [0.2, 0.25) is 5.91 Å². The van der Waals surface area contributed by atoms with Gasteiger partial charge in [0.05, 0.1) is 17.9 Å². The maximum Gasteiger partial charge on any atom is 0.227 e. The molecule has 19 heavy (non-hydrogen) atoms. The predicted molar refractivity (Wildman–Crippen MR) is 76.8 cm³/mol. The first kappa shape index (κ1) is 14.2. The van der Waals surface area contributed by atoms with Gasteiger partial charge in [-0.05, 0) is 18.4 Å². The molecule has 1 aliphatic rings. The largest absolute Gasteiger partial charge is 0.493 e. The minimum atomic E-state index is -0.124. The molecule has 0 radical (unpaired) electrons. The smallest absolute Gasteiger partial charge is 0.227 e. The van der Waals surface area contributed by atoms with Crippen LogP contribution >= 0.6 is 11.6 Å². The zero-order valence-electron chi connectivity index (χ0n) is 11.4. The number of hydrogen-bond acceptors (Lipinski definition) is 2. The van der Waals surface area contributed by atoms with Crippen LogP contribution in [-0.4, -0.2) is 24.4 Å². The van der Waals surface area contributed by atoms with Crippen LogP contribution in [0.2, 0.25) is 0 Å². The van der Waals surface area contributed by atoms with Crippen LogP contribution in [0.15, 0.2) is 24.3 Å². The molecule has 0 saturated heterocycles. The lowest BCUT2D eigenvalue weighted by molar-refractivity contribution is -0.123. The number of hydrogen-bond donors (Lipinski definition) is 1. The van der Waals surface area contributed by atoms with Crippen LogP contribution in [0.5, 0.6) is 5.75 Å². The van der Waals surface area contributed by atoms with Gasteiger partial charge in [-0.3, -0.25) is 4.79 Å². The van der Waals surface area contributed by atoms with E-state index < -0.39 is 0 Å². The number of carbonyl (C=O) groups is 1. The molecule has 1 N–H and O–H groups in total. The first-order valence-electron chi connectivity index (χ1n) is 6.73. The molecule has 104 valence electrons. The number of fused-ring (bicyclic) bond motifs is 1. The highest BCUT2D eigenvalue weighted by Crippen LogP contribution is 2.33. The third-order valence-electron chi connectivity index (χ3n) is 3.47. The Balaban J connectivity index is 2.01. The lowest BCUT2D eigenvalue weighted by Gasteiger charge is -2.25. The zero-order valence-corrected chi connectivity index (χ0v) is 12.1. The summed E-state index contributed by atoms with van der Waals surface area (Å²) in [5, 5.41) is 2.92. The van der Waals surface area contributed by atoms with Gasteiger partial charge in [0.1, 0.15) is 5.75 Å². The molecule has 3 nitrogen and oxygen atoms in total. The Kier molecular flexibility index (Phi) is 4.70. The molecule has 2 atom stereocenters. The van der Waals surface area contributed by atoms with E-state index in [0.717, 1.165) is 17.7 Å². The van der Waals surface area contributed by atoms with Crippen LogP contribution in [0.4, 0.5) is 0 Å². The summed E-state index contributed by atoms with van der Waals surface area (Å²) in [6.07, 6.45) is 0.720. The van der Waals surface area contributed by atoms with Crippen LogP contribution in [-0.2, 0) is 4.79 Å². The standard InChI is InChI=1S/C15H20ClNO2/c1-10(2)13(16)9-17-15(18)12-7-8-19-14-6-4-3-5-11(12)14/h3-6,10,12-13H,7-9H2,1-2H3,(H,17,18). The molecule has 1 amide bonds. The second kappa shape index (κ2) is 6.29. The zero-order chi connectivity index (χ0) is 13.8. The second-order valence-electron chi connectivity index (χ2n) is 5.23. The van der Waals surface area contributed by atoms with Gasteiger partial charge < -0.3 is 10.1 Å². The van der Waals surface area contributed by atoms with Gasteiger partial charge in [-0.25, -0.2) is 0 Å². The Bertz CT molecular complexity index is 448. The normalized spacial score (nSPS) is 19.5. The predicted octanol–water partition coefficient (Wildman–Crippen LogP) is 2.93. The molecule has 1 aromatic carbocycles. The number of alkyl halides is 1. The lowest BCUT2D eigenvalue weighted by Crippen LogP contribution is -2.37. The van der Waals surface area contributed by atoms with E-state index in [1.165, 1.54) is 0 Å². The van der Waals surface area contributed by atoms with Gasteiger partial charge in [0, 0.05) is 12.1 Å². The summed E-state index contributed by atoms with van der Waals surface area (Å²) in [6.45, 7) is 5.20. The number of rotatable bonds is 4. The summed E-state index contributed by atoms with van der Waals surface area (Å²) in [5.74, 6) is 1.09. The number of benzene rings is 1. The topological polar surface area (TPSA) is 38.3 Å². The van der Waals surface area contributed by atoms with E-state index >= 15 is 0 Å². The van der Waals surface area contributed by atoms with E-state index in [4.69, 9.17) is 16.3 Å². The van der Waals surface area contributed by atoms with Crippen molar-refractivity contribution >= 4 is 17.5 Å². The summed E-state index contributed by atoms with van der Waals surface area (Å²) >= 11 is 6.16. The fourth-order valence-corrected chi connectivity index (χ4v) is 2.25. The van der Waals surface area contributed by atoms with Crippen molar-refractivity contribution in [2.45, 2.75) is 31.6 Å². The molecule has 0 fully saturated rings. The first-order chi connectivity index (χ1) is 9.09. The van der Waals surface area contributed by atoms with Crippen molar-refractivity contribution < 1.29 is 9.53 Å². The minimum Gasteiger partial charge on any atom is -0.493 e. The van der Waals surface area contributed by atoms with E-state index in [2.05, 4.69) is 5.32 Å². The molecule has 1 aliphatic heterocycles. The highest BCUT2D eigenvalue weighted by atomic mass is 35.5. The molecule has 0 aromatic heterocycles. The van der Waals surface area contributed by atoms with E-state index in [-0.39, 0.29) is 17.2 Å². The summed E-state index contributed by atoms with van der Waals surface area (Å²) in [4.78, 5) is 12.3. The fraction of sp³-hybridized carbons (Fsp3) is 0.533. The van der Waals surface area contributed by atoms with Gasteiger partial charge in [0.25, 0.3) is 0 Å². The third-order valence-corrected chi connectivity index (χ3v) is 4.13. The Morgan fingerprint density at radius 3 is 2.95 bits per heavy atom. The molecule has 0 bridgehead atoms. The maximum atomic E-state index is 12.3. The molecule has 1 heterocycles. The average molecular weight is 282 g/mol. The van der Waals surface area contributed by atoms with Crippen molar-refractivity contribution in [3.05, 3.63) is 29.8 Å². The minimum absolute atomic E-state index is 0.0287. The summed E-state index contributed by atoms with van der Waals surface area (Å²) < 4.78 is 5.56. The van der Waals surface area contributed by atoms with Gasteiger partial charge >= 0.3 is 0 Å². The Morgan fingerprint density at radius 1 is 1.47 bits per heavy atom. The number of ether oxygens (including phenoxy) is 1. The van der Waals surface area contributed by atoms with E-state index in [9.17, 15) is 4.79 Å². The van der Waals surface area contributed by atoms with Crippen LogP contribution in [0, 0.1) is 5.92 Å². The van der Waals surface area contributed by atoms with Crippen molar-refractivity contribution in [1.29, 1.82) is 0 Å².